The lowest BCUT2D eigenvalue weighted by Gasteiger charge is -2.09. The minimum Gasteiger partial charge on any atom is -0.368 e. The van der Waals surface area contributed by atoms with E-state index < -0.39 is 0 Å². The van der Waals surface area contributed by atoms with E-state index in [4.69, 9.17) is 0 Å². The zero-order valence-corrected chi connectivity index (χ0v) is 11.4. The van der Waals surface area contributed by atoms with Gasteiger partial charge in [-0.25, -0.2) is 4.98 Å². The van der Waals surface area contributed by atoms with Crippen LogP contribution in [0.5, 0.6) is 0 Å². The van der Waals surface area contributed by atoms with Gasteiger partial charge in [-0.15, -0.1) is 0 Å². The van der Waals surface area contributed by atoms with Crippen molar-refractivity contribution < 1.29 is 0 Å². The fourth-order valence-corrected chi connectivity index (χ4v) is 2.12. The van der Waals surface area contributed by atoms with Gasteiger partial charge in [-0.1, -0.05) is 25.1 Å². The van der Waals surface area contributed by atoms with E-state index in [2.05, 4.69) is 39.3 Å². The first-order valence-electron chi connectivity index (χ1n) is 6.78. The smallest absolute Gasteiger partial charge is 0.152 e. The average molecular weight is 264 g/mol. The standard InChI is InChI=1S/C16H16N4/c1-2-7-18-16-15(17-8-9-19-16)13-10-12-5-3-4-6-14(12)20-11-13/h3-6,8-11H,2,7H2,1H3,(H,18,19). The maximum atomic E-state index is 4.48. The number of nitrogens with one attached hydrogen (secondary N) is 1. The van der Waals surface area contributed by atoms with E-state index in [1.165, 1.54) is 0 Å². The molecule has 0 aliphatic heterocycles. The monoisotopic (exact) mass is 264 g/mol. The largest absolute Gasteiger partial charge is 0.368 e. The van der Waals surface area contributed by atoms with E-state index in [1.54, 1.807) is 12.4 Å². The van der Waals surface area contributed by atoms with Gasteiger partial charge >= 0.3 is 0 Å². The molecular weight excluding hydrogens is 248 g/mol. The van der Waals surface area contributed by atoms with Crippen molar-refractivity contribution in [3.05, 3.63) is 48.9 Å². The first kappa shape index (κ1) is 12.5. The maximum absolute atomic E-state index is 4.48. The van der Waals surface area contributed by atoms with E-state index in [1.807, 2.05) is 24.4 Å². The normalized spacial score (nSPS) is 10.7. The van der Waals surface area contributed by atoms with Gasteiger partial charge < -0.3 is 5.32 Å². The van der Waals surface area contributed by atoms with Crippen LogP contribution in [0.25, 0.3) is 22.2 Å². The molecule has 0 radical (unpaired) electrons. The highest BCUT2D eigenvalue weighted by Crippen LogP contribution is 2.25. The van der Waals surface area contributed by atoms with Crippen LogP contribution in [-0.4, -0.2) is 21.5 Å². The van der Waals surface area contributed by atoms with Gasteiger partial charge in [0.25, 0.3) is 0 Å². The van der Waals surface area contributed by atoms with Gasteiger partial charge in [0.2, 0.25) is 0 Å². The Morgan fingerprint density at radius 2 is 1.90 bits per heavy atom. The molecule has 1 aromatic carbocycles. The summed E-state index contributed by atoms with van der Waals surface area (Å²) in [6.45, 7) is 3.01. The molecule has 0 aliphatic rings. The molecule has 20 heavy (non-hydrogen) atoms. The van der Waals surface area contributed by atoms with Gasteiger partial charge in [-0.05, 0) is 18.6 Å². The van der Waals surface area contributed by atoms with Gasteiger partial charge in [0, 0.05) is 36.1 Å². The van der Waals surface area contributed by atoms with Crippen LogP contribution in [0.4, 0.5) is 5.82 Å². The summed E-state index contributed by atoms with van der Waals surface area (Å²) in [5.41, 5.74) is 2.82. The van der Waals surface area contributed by atoms with Crippen LogP contribution in [0.2, 0.25) is 0 Å². The van der Waals surface area contributed by atoms with Crippen LogP contribution >= 0.6 is 0 Å². The van der Waals surface area contributed by atoms with Gasteiger partial charge in [0.05, 0.1) is 5.52 Å². The number of rotatable bonds is 4. The molecule has 0 saturated carbocycles. The van der Waals surface area contributed by atoms with E-state index in [-0.39, 0.29) is 0 Å². The van der Waals surface area contributed by atoms with Gasteiger partial charge in [0.1, 0.15) is 5.69 Å². The summed E-state index contributed by atoms with van der Waals surface area (Å²) in [7, 11) is 0. The van der Waals surface area contributed by atoms with Crippen molar-refractivity contribution in [1.82, 2.24) is 15.0 Å². The molecule has 0 atom stereocenters. The summed E-state index contributed by atoms with van der Waals surface area (Å²) in [4.78, 5) is 13.3. The van der Waals surface area contributed by atoms with Crippen LogP contribution in [0, 0.1) is 0 Å². The number of para-hydroxylation sites is 1. The highest BCUT2D eigenvalue weighted by atomic mass is 15.0. The van der Waals surface area contributed by atoms with Crippen LogP contribution in [0.3, 0.4) is 0 Å². The van der Waals surface area contributed by atoms with Crippen molar-refractivity contribution in [2.24, 2.45) is 0 Å². The molecule has 0 aliphatic carbocycles. The molecule has 0 unspecified atom stereocenters. The fraction of sp³-hybridized carbons (Fsp3) is 0.188. The molecular formula is C16H16N4. The molecule has 2 aromatic heterocycles. The van der Waals surface area contributed by atoms with E-state index in [9.17, 15) is 0 Å². The van der Waals surface area contributed by atoms with Crippen LogP contribution in [-0.2, 0) is 0 Å². The summed E-state index contributed by atoms with van der Waals surface area (Å²) in [6, 6.07) is 10.2. The highest BCUT2D eigenvalue weighted by Gasteiger charge is 2.08. The van der Waals surface area contributed by atoms with Crippen LogP contribution in [0.1, 0.15) is 13.3 Å². The lowest BCUT2D eigenvalue weighted by atomic mass is 10.1. The third-order valence-electron chi connectivity index (χ3n) is 3.10. The Morgan fingerprint density at radius 3 is 2.80 bits per heavy atom. The minimum atomic E-state index is 0.812. The number of aromatic nitrogens is 3. The Labute approximate surface area is 117 Å². The number of pyridine rings is 1. The molecule has 0 fully saturated rings. The fourth-order valence-electron chi connectivity index (χ4n) is 2.12. The molecule has 3 aromatic rings. The molecule has 3 rings (SSSR count). The predicted molar refractivity (Wildman–Crippen MR) is 81.5 cm³/mol. The Bertz CT molecular complexity index is 724. The van der Waals surface area contributed by atoms with E-state index in [0.717, 1.165) is 40.9 Å². The lowest BCUT2D eigenvalue weighted by Crippen LogP contribution is -2.04. The van der Waals surface area contributed by atoms with E-state index >= 15 is 0 Å². The Balaban J connectivity index is 2.06. The summed E-state index contributed by atoms with van der Waals surface area (Å²) in [5, 5.41) is 4.42. The molecule has 0 spiro atoms. The zero-order valence-electron chi connectivity index (χ0n) is 11.4. The van der Waals surface area contributed by atoms with E-state index in [0.29, 0.717) is 0 Å². The van der Waals surface area contributed by atoms with Crippen molar-refractivity contribution in [3.63, 3.8) is 0 Å². The summed E-state index contributed by atoms with van der Waals surface area (Å²) >= 11 is 0. The zero-order chi connectivity index (χ0) is 13.8. The number of hydrogen-bond donors (Lipinski definition) is 1. The topological polar surface area (TPSA) is 50.7 Å². The molecule has 4 heteroatoms. The summed E-state index contributed by atoms with van der Waals surface area (Å²) in [5.74, 6) is 0.812. The predicted octanol–water partition coefficient (Wildman–Crippen LogP) is 3.51. The van der Waals surface area contributed by atoms with Crippen molar-refractivity contribution in [2.75, 3.05) is 11.9 Å². The number of nitrogens with zero attached hydrogens (tertiary/aromatic N) is 3. The molecule has 0 bridgehead atoms. The number of anilines is 1. The van der Waals surface area contributed by atoms with Crippen molar-refractivity contribution in [2.45, 2.75) is 13.3 Å². The second-order valence-corrected chi connectivity index (χ2v) is 4.60. The van der Waals surface area contributed by atoms with Gasteiger partial charge in [0.15, 0.2) is 5.82 Å². The molecule has 0 saturated heterocycles. The quantitative estimate of drug-likeness (QED) is 0.783. The second-order valence-electron chi connectivity index (χ2n) is 4.60. The Hall–Kier alpha value is -2.49. The van der Waals surface area contributed by atoms with Gasteiger partial charge in [-0.3, -0.25) is 9.97 Å². The summed E-state index contributed by atoms with van der Waals surface area (Å²) in [6.07, 6.45) is 6.31. The first-order chi connectivity index (χ1) is 9.88. The number of hydrogen-bond acceptors (Lipinski definition) is 4. The third kappa shape index (κ3) is 2.45. The molecule has 4 nitrogen and oxygen atoms in total. The molecule has 1 N–H and O–H groups in total. The van der Waals surface area contributed by atoms with Gasteiger partial charge in [-0.2, -0.15) is 0 Å². The molecule has 0 amide bonds. The molecule has 2 heterocycles. The maximum Gasteiger partial charge on any atom is 0.152 e. The summed E-state index contributed by atoms with van der Waals surface area (Å²) < 4.78 is 0. The Kier molecular flexibility index (Phi) is 3.54. The SMILES string of the molecule is CCCNc1nccnc1-c1cnc2ccccc2c1. The number of fused-ring (bicyclic) bond motifs is 1. The Morgan fingerprint density at radius 1 is 1.05 bits per heavy atom. The van der Waals surface area contributed by atoms with Crippen LogP contribution < -0.4 is 5.32 Å². The first-order valence-corrected chi connectivity index (χ1v) is 6.78. The van der Waals surface area contributed by atoms with Crippen molar-refractivity contribution in [1.29, 1.82) is 0 Å². The minimum absolute atomic E-state index is 0.812. The third-order valence-corrected chi connectivity index (χ3v) is 3.10. The average Bonchev–Trinajstić information content (AvgIpc) is 2.53. The second kappa shape index (κ2) is 5.65. The van der Waals surface area contributed by atoms with Crippen LogP contribution in [0.15, 0.2) is 48.9 Å². The molecule has 100 valence electrons. The number of benzene rings is 1. The van der Waals surface area contributed by atoms with Crippen molar-refractivity contribution in [3.8, 4) is 11.3 Å². The van der Waals surface area contributed by atoms with Crippen molar-refractivity contribution >= 4 is 16.7 Å². The highest BCUT2D eigenvalue weighted by molar-refractivity contribution is 5.84. The lowest BCUT2D eigenvalue weighted by molar-refractivity contribution is 0.966.